The van der Waals surface area contributed by atoms with Crippen molar-refractivity contribution in [1.82, 2.24) is 0 Å². The van der Waals surface area contributed by atoms with E-state index in [0.29, 0.717) is 0 Å². The molecule has 1 nitrogen and oxygen atoms in total. The summed E-state index contributed by atoms with van der Waals surface area (Å²) in [4.78, 5) is 0. The van der Waals surface area contributed by atoms with Gasteiger partial charge in [-0.3, -0.25) is 0 Å². The van der Waals surface area contributed by atoms with E-state index in [1.165, 1.54) is 32.7 Å². The third kappa shape index (κ3) is 6.81. The number of benzene rings is 2. The molecule has 0 bridgehead atoms. The number of halogens is 2. The van der Waals surface area contributed by atoms with Gasteiger partial charge in [-0.15, -0.1) is 45.8 Å². The molecule has 0 amide bonds. The maximum absolute atomic E-state index is 4.93. The van der Waals surface area contributed by atoms with Crippen LogP contribution in [0.25, 0.3) is 27.1 Å². The topological polar surface area (TPSA) is 13.1 Å². The minimum Gasteiger partial charge on any atom is -1.00 e. The third-order valence-corrected chi connectivity index (χ3v) is 5.96. The first kappa shape index (κ1) is 30.6. The molecule has 4 heteroatoms. The summed E-state index contributed by atoms with van der Waals surface area (Å²) in [5.41, 5.74) is 5.48. The molecule has 0 atom stereocenters. The molecule has 176 valence electrons. The van der Waals surface area contributed by atoms with Gasteiger partial charge in [0.05, 0.1) is 6.26 Å². The van der Waals surface area contributed by atoms with Crippen molar-refractivity contribution < 1.29 is 55.4 Å². The van der Waals surface area contributed by atoms with Crippen LogP contribution >= 0.6 is 0 Å². The monoisotopic (exact) mass is 568 g/mol. The molecular formula is C30H32Cl2OZr. The normalized spacial score (nSPS) is 12.8. The zero-order valence-corrected chi connectivity index (χ0v) is 24.8. The SMILES string of the molecule is CC(C)(C)c1ccc2c(c1)[cH-]c1cc(C(C)(C)C)ccc12.[C-]1=C(c2ccoc2)C=CC1.[Cl-].[Cl-].[Zr+4]. The molecule has 0 unspecified atom stereocenters. The van der Waals surface area contributed by atoms with E-state index in [1.54, 1.807) is 12.5 Å². The Hall–Kier alpha value is -1.47. The summed E-state index contributed by atoms with van der Waals surface area (Å²) in [6.45, 7) is 13.6. The Morgan fingerprint density at radius 3 is 1.71 bits per heavy atom. The summed E-state index contributed by atoms with van der Waals surface area (Å²) >= 11 is 0. The Morgan fingerprint density at radius 2 is 1.32 bits per heavy atom. The van der Waals surface area contributed by atoms with Gasteiger partial charge in [0.25, 0.3) is 0 Å². The summed E-state index contributed by atoms with van der Waals surface area (Å²) in [5, 5.41) is 5.48. The van der Waals surface area contributed by atoms with Crippen molar-refractivity contribution in [1.29, 1.82) is 0 Å². The van der Waals surface area contributed by atoms with E-state index in [4.69, 9.17) is 4.42 Å². The van der Waals surface area contributed by atoms with Crippen molar-refractivity contribution in [2.24, 2.45) is 0 Å². The molecule has 1 aromatic heterocycles. The van der Waals surface area contributed by atoms with E-state index in [0.717, 1.165) is 17.6 Å². The van der Waals surface area contributed by atoms with Crippen LogP contribution < -0.4 is 24.8 Å². The first-order chi connectivity index (χ1) is 14.6. The van der Waals surface area contributed by atoms with E-state index >= 15 is 0 Å². The Morgan fingerprint density at radius 1 is 0.794 bits per heavy atom. The van der Waals surface area contributed by atoms with Gasteiger partial charge in [0.15, 0.2) is 0 Å². The van der Waals surface area contributed by atoms with E-state index in [9.17, 15) is 0 Å². The van der Waals surface area contributed by atoms with Crippen LogP contribution in [0.5, 0.6) is 0 Å². The second-order valence-corrected chi connectivity index (χ2v) is 10.5. The molecule has 0 spiro atoms. The fourth-order valence-electron chi connectivity index (χ4n) is 3.98. The van der Waals surface area contributed by atoms with Crippen LogP contribution in [-0.4, -0.2) is 0 Å². The summed E-state index contributed by atoms with van der Waals surface area (Å²) in [5.74, 6) is 0. The smallest absolute Gasteiger partial charge is 1.00 e. The summed E-state index contributed by atoms with van der Waals surface area (Å²) < 4.78 is 4.93. The molecule has 0 radical (unpaired) electrons. The van der Waals surface area contributed by atoms with Gasteiger partial charge in [-0.25, -0.2) is 0 Å². The maximum Gasteiger partial charge on any atom is 4.00 e. The van der Waals surface area contributed by atoms with Crippen molar-refractivity contribution in [2.75, 3.05) is 0 Å². The number of rotatable bonds is 1. The minimum absolute atomic E-state index is 0. The molecule has 5 rings (SSSR count). The Bertz CT molecular complexity index is 1190. The van der Waals surface area contributed by atoms with Crippen molar-refractivity contribution in [3.8, 4) is 0 Å². The summed E-state index contributed by atoms with van der Waals surface area (Å²) in [6.07, 6.45) is 11.7. The molecule has 0 saturated heterocycles. The minimum atomic E-state index is 0. The number of furan rings is 1. The quantitative estimate of drug-likeness (QED) is 0.321. The van der Waals surface area contributed by atoms with Crippen molar-refractivity contribution >= 4 is 27.1 Å². The van der Waals surface area contributed by atoms with Crippen LogP contribution in [-0.2, 0) is 37.0 Å². The van der Waals surface area contributed by atoms with Crippen LogP contribution in [0.1, 0.15) is 64.7 Å². The predicted molar refractivity (Wildman–Crippen MR) is 134 cm³/mol. The molecule has 34 heavy (non-hydrogen) atoms. The zero-order valence-electron chi connectivity index (χ0n) is 20.8. The van der Waals surface area contributed by atoms with Crippen LogP contribution in [0, 0.1) is 6.08 Å². The second kappa shape index (κ2) is 12.0. The molecule has 1 aliphatic rings. The Balaban J connectivity index is 0.000000379. The van der Waals surface area contributed by atoms with Gasteiger partial charge in [0, 0.05) is 6.26 Å². The van der Waals surface area contributed by atoms with Gasteiger partial charge < -0.3 is 29.2 Å². The molecule has 1 aliphatic carbocycles. The molecule has 0 fully saturated rings. The first-order valence-electron chi connectivity index (χ1n) is 11.1. The van der Waals surface area contributed by atoms with Crippen LogP contribution in [0.3, 0.4) is 0 Å². The standard InChI is InChI=1S/C21H25.C9H7O.2ClH.Zr/c1-20(2,3)16-7-9-18-14(12-16)11-15-13-17(21(4,5)6)8-10-19(15)18;1-2-4-8(3-1)9-5-6-10-7-9;;;/h7-13H,1-6H3;1,3,5-7H,2H2;2*1H;/q2*-1;;;+4/p-2. The van der Waals surface area contributed by atoms with E-state index < -0.39 is 0 Å². The zero-order chi connectivity index (χ0) is 22.2. The Kier molecular flexibility index (Phi) is 10.8. The van der Waals surface area contributed by atoms with Gasteiger partial charge in [-0.1, -0.05) is 95.0 Å². The fourth-order valence-corrected chi connectivity index (χ4v) is 3.98. The second-order valence-electron chi connectivity index (χ2n) is 10.5. The average Bonchev–Trinajstić information content (AvgIpc) is 3.45. The van der Waals surface area contributed by atoms with Crippen molar-refractivity contribution in [3.63, 3.8) is 0 Å². The predicted octanol–water partition coefficient (Wildman–Crippen LogP) is 2.74. The van der Waals surface area contributed by atoms with Crippen molar-refractivity contribution in [3.05, 3.63) is 96.0 Å². The van der Waals surface area contributed by atoms with Crippen LogP contribution in [0.15, 0.2) is 77.6 Å². The molecule has 1 heterocycles. The maximum atomic E-state index is 4.93. The van der Waals surface area contributed by atoms with Crippen LogP contribution in [0.4, 0.5) is 0 Å². The molecule has 4 aromatic rings. The van der Waals surface area contributed by atoms with Crippen molar-refractivity contribution in [2.45, 2.75) is 58.8 Å². The Labute approximate surface area is 236 Å². The summed E-state index contributed by atoms with van der Waals surface area (Å²) in [7, 11) is 0. The van der Waals surface area contributed by atoms with Gasteiger partial charge in [-0.05, 0) is 10.8 Å². The van der Waals surface area contributed by atoms with Gasteiger partial charge >= 0.3 is 26.2 Å². The first-order valence-corrected chi connectivity index (χ1v) is 11.1. The summed E-state index contributed by atoms with van der Waals surface area (Å²) in [6, 6.07) is 18.1. The van der Waals surface area contributed by atoms with E-state index in [1.807, 2.05) is 6.07 Å². The van der Waals surface area contributed by atoms with Gasteiger partial charge in [-0.2, -0.15) is 17.7 Å². The molecule has 0 saturated carbocycles. The van der Waals surface area contributed by atoms with Gasteiger partial charge in [0.1, 0.15) is 0 Å². The van der Waals surface area contributed by atoms with Gasteiger partial charge in [0.2, 0.25) is 0 Å². The van der Waals surface area contributed by atoms with Crippen LogP contribution in [0.2, 0.25) is 0 Å². The number of hydrogen-bond donors (Lipinski definition) is 0. The number of fused-ring (bicyclic) bond motifs is 3. The molecule has 3 aromatic carbocycles. The molecular weight excluding hydrogens is 538 g/mol. The fraction of sp³-hybridized carbons (Fsp3) is 0.300. The number of hydrogen-bond acceptors (Lipinski definition) is 1. The largest absolute Gasteiger partial charge is 4.00 e. The average molecular weight is 571 g/mol. The van der Waals surface area contributed by atoms with E-state index in [-0.39, 0.29) is 61.8 Å². The molecule has 0 N–H and O–H groups in total. The van der Waals surface area contributed by atoms with E-state index in [2.05, 4.69) is 102 Å². The number of allylic oxidation sites excluding steroid dienone is 4. The molecule has 0 aliphatic heterocycles. The third-order valence-electron chi connectivity index (χ3n) is 5.96.